The fourth-order valence-corrected chi connectivity index (χ4v) is 4.15. The average Bonchev–Trinajstić information content (AvgIpc) is 2.90. The minimum atomic E-state index is -0.973. The normalized spacial score (nSPS) is 10.6. The van der Waals surface area contributed by atoms with Crippen LogP contribution in [0, 0.1) is 3.57 Å². The van der Waals surface area contributed by atoms with E-state index >= 15 is 0 Å². The number of halogens is 3. The molecule has 0 radical (unpaired) electrons. The predicted molar refractivity (Wildman–Crippen MR) is 154 cm³/mol. The van der Waals surface area contributed by atoms with Crippen molar-refractivity contribution in [2.45, 2.75) is 0 Å². The Morgan fingerprint density at radius 3 is 2.37 bits per heavy atom. The molecule has 198 valence electrons. The van der Waals surface area contributed by atoms with Crippen LogP contribution >= 0.6 is 45.8 Å². The maximum Gasteiger partial charge on any atom is 0.329 e. The van der Waals surface area contributed by atoms with Crippen molar-refractivity contribution >= 4 is 81.1 Å². The summed E-state index contributed by atoms with van der Waals surface area (Å²) >= 11 is 14.1. The highest BCUT2D eigenvalue weighted by Gasteiger charge is 2.16. The van der Waals surface area contributed by atoms with E-state index in [1.165, 1.54) is 20.4 Å². The highest BCUT2D eigenvalue weighted by atomic mass is 127. The molecule has 0 unspecified atom stereocenters. The van der Waals surface area contributed by atoms with Gasteiger partial charge in [-0.3, -0.25) is 14.4 Å². The van der Waals surface area contributed by atoms with Crippen molar-refractivity contribution in [3.63, 3.8) is 0 Å². The molecule has 0 atom stereocenters. The van der Waals surface area contributed by atoms with Gasteiger partial charge >= 0.3 is 11.8 Å². The molecule has 0 aliphatic heterocycles. The van der Waals surface area contributed by atoms with E-state index in [0.29, 0.717) is 42.8 Å². The van der Waals surface area contributed by atoms with Crippen LogP contribution in [-0.2, 0) is 14.4 Å². The first-order valence-electron chi connectivity index (χ1n) is 10.7. The lowest BCUT2D eigenvalue weighted by molar-refractivity contribution is -0.136. The Morgan fingerprint density at radius 2 is 1.63 bits per heavy atom. The van der Waals surface area contributed by atoms with Gasteiger partial charge in [0.2, 0.25) is 0 Å². The summed E-state index contributed by atoms with van der Waals surface area (Å²) in [5.74, 6) is -1.27. The zero-order valence-corrected chi connectivity index (χ0v) is 23.7. The molecule has 13 heteroatoms. The SMILES string of the molecule is COc1ccccc1NC(=O)C(=O)N/N=C\c1cc(I)c(OCC(=O)Nc2cccc(Cl)c2Cl)c(OC)c1. The van der Waals surface area contributed by atoms with Crippen molar-refractivity contribution in [1.29, 1.82) is 0 Å². The van der Waals surface area contributed by atoms with Crippen LogP contribution in [0.5, 0.6) is 17.2 Å². The Labute approximate surface area is 241 Å². The number of carbonyl (C=O) groups is 3. The van der Waals surface area contributed by atoms with Gasteiger partial charge in [0.1, 0.15) is 5.75 Å². The molecule has 3 amide bonds. The Bertz CT molecular complexity index is 1390. The number of methoxy groups -OCH3 is 2. The van der Waals surface area contributed by atoms with Crippen LogP contribution in [0.4, 0.5) is 11.4 Å². The van der Waals surface area contributed by atoms with Crippen molar-refractivity contribution in [3.05, 3.63) is 73.8 Å². The molecule has 3 aromatic carbocycles. The van der Waals surface area contributed by atoms with Gasteiger partial charge in [0.05, 0.1) is 45.4 Å². The fourth-order valence-electron chi connectivity index (χ4n) is 3.02. The molecule has 3 N–H and O–H groups in total. The number of anilines is 2. The van der Waals surface area contributed by atoms with E-state index in [-0.39, 0.29) is 11.6 Å². The van der Waals surface area contributed by atoms with Gasteiger partial charge in [-0.2, -0.15) is 5.10 Å². The largest absolute Gasteiger partial charge is 0.495 e. The second kappa shape index (κ2) is 13.8. The summed E-state index contributed by atoms with van der Waals surface area (Å²) in [6.45, 7) is -0.319. The highest BCUT2D eigenvalue weighted by Crippen LogP contribution is 2.34. The molecule has 3 rings (SSSR count). The number of nitrogens with zero attached hydrogens (tertiary/aromatic N) is 1. The second-order valence-electron chi connectivity index (χ2n) is 7.33. The summed E-state index contributed by atoms with van der Waals surface area (Å²) in [6.07, 6.45) is 1.33. The molecule has 0 aromatic heterocycles. The van der Waals surface area contributed by atoms with E-state index in [2.05, 4.69) is 21.2 Å². The Hall–Kier alpha value is -3.55. The molecule has 10 nitrogen and oxygen atoms in total. The second-order valence-corrected chi connectivity index (χ2v) is 9.27. The number of para-hydroxylation sites is 2. The quantitative estimate of drug-likeness (QED) is 0.131. The monoisotopic (exact) mass is 670 g/mol. The number of hydrazone groups is 1. The van der Waals surface area contributed by atoms with Gasteiger partial charge in [0, 0.05) is 0 Å². The molecule has 0 saturated carbocycles. The van der Waals surface area contributed by atoms with Gasteiger partial charge in [-0.05, 0) is 64.6 Å². The van der Waals surface area contributed by atoms with E-state index in [9.17, 15) is 14.4 Å². The summed E-state index contributed by atoms with van der Waals surface area (Å²) in [7, 11) is 2.89. The van der Waals surface area contributed by atoms with Crippen LogP contribution < -0.4 is 30.3 Å². The first-order chi connectivity index (χ1) is 18.2. The Balaban J connectivity index is 1.60. The van der Waals surface area contributed by atoms with Gasteiger partial charge in [0.15, 0.2) is 18.1 Å². The van der Waals surface area contributed by atoms with Crippen LogP contribution in [0.2, 0.25) is 10.0 Å². The lowest BCUT2D eigenvalue weighted by Gasteiger charge is -2.14. The smallest absolute Gasteiger partial charge is 0.329 e. The number of amides is 3. The van der Waals surface area contributed by atoms with E-state index < -0.39 is 17.7 Å². The third kappa shape index (κ3) is 7.73. The molecule has 0 bridgehead atoms. The zero-order valence-electron chi connectivity index (χ0n) is 20.0. The summed E-state index contributed by atoms with van der Waals surface area (Å²) < 4.78 is 16.8. The van der Waals surface area contributed by atoms with Crippen molar-refractivity contribution < 1.29 is 28.6 Å². The molecule has 0 aliphatic carbocycles. The summed E-state index contributed by atoms with van der Waals surface area (Å²) in [5.41, 5.74) is 3.41. The minimum Gasteiger partial charge on any atom is -0.495 e. The number of benzene rings is 3. The lowest BCUT2D eigenvalue weighted by atomic mass is 10.2. The van der Waals surface area contributed by atoms with Crippen LogP contribution in [0.3, 0.4) is 0 Å². The van der Waals surface area contributed by atoms with Gasteiger partial charge in [0.25, 0.3) is 5.91 Å². The van der Waals surface area contributed by atoms with Crippen molar-refractivity contribution in [2.75, 3.05) is 31.5 Å². The third-order valence-corrected chi connectivity index (χ3v) is 6.39. The Morgan fingerprint density at radius 1 is 0.921 bits per heavy atom. The standard InChI is InChI=1S/C25H21Cl2IN4O6/c1-36-19-9-4-3-7-17(19)31-24(34)25(35)32-29-12-14-10-16(28)23(20(11-14)37-2)38-13-21(33)30-18-8-5-6-15(26)22(18)27/h3-12H,13H2,1-2H3,(H,30,33)(H,31,34)(H,32,35)/b29-12-. The molecule has 0 aliphatic rings. The third-order valence-electron chi connectivity index (χ3n) is 4.77. The van der Waals surface area contributed by atoms with Gasteiger partial charge in [-0.1, -0.05) is 41.4 Å². The molecule has 38 heavy (non-hydrogen) atoms. The van der Waals surface area contributed by atoms with E-state index in [0.717, 1.165) is 0 Å². The average molecular weight is 671 g/mol. The molecule has 0 fully saturated rings. The number of hydrogen-bond acceptors (Lipinski definition) is 7. The maximum atomic E-state index is 12.4. The predicted octanol–water partition coefficient (Wildman–Crippen LogP) is 4.72. The van der Waals surface area contributed by atoms with E-state index in [1.54, 1.807) is 54.6 Å². The first kappa shape index (κ1) is 29.0. The fraction of sp³-hybridized carbons (Fsp3) is 0.120. The first-order valence-corrected chi connectivity index (χ1v) is 12.6. The van der Waals surface area contributed by atoms with E-state index in [1.807, 2.05) is 22.6 Å². The van der Waals surface area contributed by atoms with E-state index in [4.69, 9.17) is 37.4 Å². The van der Waals surface area contributed by atoms with Crippen LogP contribution in [-0.4, -0.2) is 44.8 Å². The molecular formula is C25H21Cl2IN4O6. The van der Waals surface area contributed by atoms with Gasteiger partial charge in [-0.25, -0.2) is 5.43 Å². The van der Waals surface area contributed by atoms with Crippen LogP contribution in [0.1, 0.15) is 5.56 Å². The van der Waals surface area contributed by atoms with Crippen molar-refractivity contribution in [1.82, 2.24) is 5.43 Å². The molecule has 0 saturated heterocycles. The lowest BCUT2D eigenvalue weighted by Crippen LogP contribution is -2.32. The van der Waals surface area contributed by atoms with Crippen molar-refractivity contribution in [2.24, 2.45) is 5.10 Å². The van der Waals surface area contributed by atoms with Crippen LogP contribution in [0.15, 0.2) is 59.7 Å². The number of nitrogens with one attached hydrogen (secondary N) is 3. The maximum absolute atomic E-state index is 12.4. The molecule has 0 spiro atoms. The number of hydrogen-bond donors (Lipinski definition) is 3. The van der Waals surface area contributed by atoms with Gasteiger partial charge in [-0.15, -0.1) is 0 Å². The summed E-state index contributed by atoms with van der Waals surface area (Å²) in [4.78, 5) is 36.6. The molecular weight excluding hydrogens is 650 g/mol. The molecule has 3 aromatic rings. The number of rotatable bonds is 9. The van der Waals surface area contributed by atoms with Crippen molar-refractivity contribution in [3.8, 4) is 17.2 Å². The Kier molecular flexibility index (Phi) is 10.6. The zero-order chi connectivity index (χ0) is 27.7. The summed E-state index contributed by atoms with van der Waals surface area (Å²) in [6, 6.07) is 14.8. The van der Waals surface area contributed by atoms with Crippen LogP contribution in [0.25, 0.3) is 0 Å². The number of ether oxygens (including phenoxy) is 3. The highest BCUT2D eigenvalue weighted by molar-refractivity contribution is 14.1. The topological polar surface area (TPSA) is 127 Å². The molecule has 0 heterocycles. The number of carbonyl (C=O) groups excluding carboxylic acids is 3. The summed E-state index contributed by atoms with van der Waals surface area (Å²) in [5, 5.41) is 9.45. The minimum absolute atomic E-state index is 0.225. The van der Waals surface area contributed by atoms with Gasteiger partial charge < -0.3 is 24.8 Å².